The Morgan fingerprint density at radius 3 is 2.73 bits per heavy atom. The van der Waals surface area contributed by atoms with Crippen LogP contribution in [0.1, 0.15) is 19.4 Å². The molecule has 1 aliphatic heterocycles. The van der Waals surface area contributed by atoms with Crippen LogP contribution in [-0.2, 0) is 10.2 Å². The van der Waals surface area contributed by atoms with Gasteiger partial charge in [-0.15, -0.1) is 0 Å². The molecule has 76 valence electrons. The summed E-state index contributed by atoms with van der Waals surface area (Å²) < 4.78 is 0. The van der Waals surface area contributed by atoms with Crippen molar-refractivity contribution in [1.82, 2.24) is 0 Å². The van der Waals surface area contributed by atoms with E-state index in [1.165, 1.54) is 0 Å². The summed E-state index contributed by atoms with van der Waals surface area (Å²) in [6, 6.07) is 9.67. The first-order chi connectivity index (χ1) is 7.09. The molecule has 1 aliphatic rings. The molecule has 0 aliphatic carbocycles. The highest BCUT2D eigenvalue weighted by Gasteiger charge is 2.43. The van der Waals surface area contributed by atoms with Crippen LogP contribution in [0.25, 0.3) is 0 Å². The topological polar surface area (TPSA) is 44.1 Å². The van der Waals surface area contributed by atoms with Crippen LogP contribution in [0.4, 0.5) is 5.69 Å². The molecule has 0 fully saturated rings. The smallest absolute Gasteiger partial charge is 0.238 e. The SMILES string of the molecule is CC1(C)C(=O)N(CC#N)c2ccccc21. The molecule has 0 aromatic heterocycles. The van der Waals surface area contributed by atoms with Gasteiger partial charge in [0.25, 0.3) is 0 Å². The first-order valence-electron chi connectivity index (χ1n) is 4.87. The molecule has 0 radical (unpaired) electrons. The number of hydrogen-bond acceptors (Lipinski definition) is 2. The van der Waals surface area contributed by atoms with E-state index in [4.69, 9.17) is 5.26 Å². The lowest BCUT2D eigenvalue weighted by Crippen LogP contribution is -2.36. The fourth-order valence-electron chi connectivity index (χ4n) is 2.03. The number of para-hydroxylation sites is 1. The van der Waals surface area contributed by atoms with Crippen LogP contribution in [0.2, 0.25) is 0 Å². The molecule has 0 spiro atoms. The maximum absolute atomic E-state index is 12.0. The quantitative estimate of drug-likeness (QED) is 0.649. The van der Waals surface area contributed by atoms with Crippen molar-refractivity contribution in [2.75, 3.05) is 11.4 Å². The minimum Gasteiger partial charge on any atom is -0.298 e. The van der Waals surface area contributed by atoms with Gasteiger partial charge in [0, 0.05) is 5.69 Å². The monoisotopic (exact) mass is 200 g/mol. The molecule has 0 unspecified atom stereocenters. The molecule has 1 aromatic rings. The number of fused-ring (bicyclic) bond motifs is 1. The molecule has 0 saturated carbocycles. The number of rotatable bonds is 1. The van der Waals surface area contributed by atoms with E-state index in [2.05, 4.69) is 0 Å². The Hall–Kier alpha value is -1.82. The Kier molecular flexibility index (Phi) is 2.01. The number of carbonyl (C=O) groups excluding carboxylic acids is 1. The third-order valence-corrected chi connectivity index (χ3v) is 2.88. The minimum absolute atomic E-state index is 0.00486. The zero-order chi connectivity index (χ0) is 11.1. The number of amides is 1. The van der Waals surface area contributed by atoms with Gasteiger partial charge < -0.3 is 0 Å². The first-order valence-corrected chi connectivity index (χ1v) is 4.87. The van der Waals surface area contributed by atoms with E-state index in [1.54, 1.807) is 4.90 Å². The lowest BCUT2D eigenvalue weighted by Gasteiger charge is -2.17. The number of anilines is 1. The van der Waals surface area contributed by atoms with Crippen LogP contribution >= 0.6 is 0 Å². The van der Waals surface area contributed by atoms with Crippen LogP contribution in [0.5, 0.6) is 0 Å². The lowest BCUT2D eigenvalue weighted by molar-refractivity contribution is -0.121. The van der Waals surface area contributed by atoms with Crippen LogP contribution < -0.4 is 4.90 Å². The maximum atomic E-state index is 12.0. The molecular formula is C12H12N2O. The standard InChI is InChI=1S/C12H12N2O/c1-12(2)9-5-3-4-6-10(9)14(8-7-13)11(12)15/h3-6H,8H2,1-2H3. The molecule has 3 nitrogen and oxygen atoms in total. The molecule has 1 amide bonds. The third kappa shape index (κ3) is 1.22. The van der Waals surface area contributed by atoms with Gasteiger partial charge in [-0.2, -0.15) is 5.26 Å². The summed E-state index contributed by atoms with van der Waals surface area (Å²) in [5.74, 6) is 0.00486. The van der Waals surface area contributed by atoms with E-state index in [9.17, 15) is 4.79 Å². The molecule has 0 bridgehead atoms. The van der Waals surface area contributed by atoms with Gasteiger partial charge in [-0.1, -0.05) is 18.2 Å². The molecule has 2 rings (SSSR count). The summed E-state index contributed by atoms with van der Waals surface area (Å²) in [5, 5.41) is 8.70. The zero-order valence-corrected chi connectivity index (χ0v) is 8.82. The number of carbonyl (C=O) groups is 1. The minimum atomic E-state index is -0.507. The van der Waals surface area contributed by atoms with E-state index >= 15 is 0 Å². The molecule has 3 heteroatoms. The average molecular weight is 200 g/mol. The Balaban J connectivity index is 2.58. The van der Waals surface area contributed by atoms with Gasteiger partial charge in [0.05, 0.1) is 11.5 Å². The molecule has 0 N–H and O–H groups in total. The largest absolute Gasteiger partial charge is 0.298 e. The highest BCUT2D eigenvalue weighted by atomic mass is 16.2. The Morgan fingerprint density at radius 1 is 1.40 bits per heavy atom. The van der Waals surface area contributed by atoms with Gasteiger partial charge in [0.2, 0.25) is 5.91 Å². The second-order valence-corrected chi connectivity index (χ2v) is 4.19. The van der Waals surface area contributed by atoms with Crippen molar-refractivity contribution in [3.63, 3.8) is 0 Å². The van der Waals surface area contributed by atoms with Gasteiger partial charge in [-0.3, -0.25) is 9.69 Å². The second-order valence-electron chi connectivity index (χ2n) is 4.19. The first kappa shape index (κ1) is 9.72. The van der Waals surface area contributed by atoms with E-state index in [-0.39, 0.29) is 12.5 Å². The van der Waals surface area contributed by atoms with Gasteiger partial charge in [0.15, 0.2) is 0 Å². The van der Waals surface area contributed by atoms with Gasteiger partial charge in [-0.05, 0) is 25.5 Å². The molecule has 1 heterocycles. The molecule has 1 aromatic carbocycles. The number of benzene rings is 1. The molecule has 0 saturated heterocycles. The number of nitriles is 1. The normalized spacial score (nSPS) is 17.4. The van der Waals surface area contributed by atoms with Crippen molar-refractivity contribution < 1.29 is 4.79 Å². The van der Waals surface area contributed by atoms with Crippen LogP contribution in [0.15, 0.2) is 24.3 Å². The van der Waals surface area contributed by atoms with Crippen molar-refractivity contribution in [3.05, 3.63) is 29.8 Å². The zero-order valence-electron chi connectivity index (χ0n) is 8.82. The molecule has 0 atom stereocenters. The Labute approximate surface area is 88.9 Å². The van der Waals surface area contributed by atoms with Crippen molar-refractivity contribution in [3.8, 4) is 6.07 Å². The van der Waals surface area contributed by atoms with Gasteiger partial charge in [-0.25, -0.2) is 0 Å². The summed E-state index contributed by atoms with van der Waals surface area (Å²) >= 11 is 0. The third-order valence-electron chi connectivity index (χ3n) is 2.88. The molecule has 15 heavy (non-hydrogen) atoms. The van der Waals surface area contributed by atoms with Crippen molar-refractivity contribution >= 4 is 11.6 Å². The van der Waals surface area contributed by atoms with Gasteiger partial charge in [0.1, 0.15) is 6.54 Å². The van der Waals surface area contributed by atoms with Crippen LogP contribution in [-0.4, -0.2) is 12.5 Å². The van der Waals surface area contributed by atoms with Crippen LogP contribution in [0, 0.1) is 11.3 Å². The van der Waals surface area contributed by atoms with Crippen molar-refractivity contribution in [2.24, 2.45) is 0 Å². The maximum Gasteiger partial charge on any atom is 0.238 e. The predicted molar refractivity (Wildman–Crippen MR) is 57.4 cm³/mol. The predicted octanol–water partition coefficient (Wildman–Crippen LogP) is 1.83. The summed E-state index contributed by atoms with van der Waals surface area (Å²) in [5.41, 5.74) is 1.37. The Bertz CT molecular complexity index is 457. The van der Waals surface area contributed by atoms with E-state index in [0.29, 0.717) is 0 Å². The summed E-state index contributed by atoms with van der Waals surface area (Å²) in [7, 11) is 0. The highest BCUT2D eigenvalue weighted by Crippen LogP contribution is 2.40. The average Bonchev–Trinajstić information content (AvgIpc) is 2.42. The summed E-state index contributed by atoms with van der Waals surface area (Å²) in [6.45, 7) is 3.91. The highest BCUT2D eigenvalue weighted by molar-refractivity contribution is 6.07. The van der Waals surface area contributed by atoms with Gasteiger partial charge >= 0.3 is 0 Å². The summed E-state index contributed by atoms with van der Waals surface area (Å²) in [6.07, 6.45) is 0. The van der Waals surface area contributed by atoms with E-state index in [0.717, 1.165) is 11.3 Å². The fraction of sp³-hybridized carbons (Fsp3) is 0.333. The van der Waals surface area contributed by atoms with E-state index < -0.39 is 5.41 Å². The van der Waals surface area contributed by atoms with Crippen LogP contribution in [0.3, 0.4) is 0 Å². The Morgan fingerprint density at radius 2 is 2.07 bits per heavy atom. The molecular weight excluding hydrogens is 188 g/mol. The van der Waals surface area contributed by atoms with E-state index in [1.807, 2.05) is 44.2 Å². The van der Waals surface area contributed by atoms with Crippen molar-refractivity contribution in [2.45, 2.75) is 19.3 Å². The lowest BCUT2D eigenvalue weighted by atomic mass is 9.86. The fourth-order valence-corrected chi connectivity index (χ4v) is 2.03. The number of hydrogen-bond donors (Lipinski definition) is 0. The number of nitrogens with zero attached hydrogens (tertiary/aromatic N) is 2. The van der Waals surface area contributed by atoms with Crippen molar-refractivity contribution in [1.29, 1.82) is 5.26 Å². The second kappa shape index (κ2) is 3.09. The summed E-state index contributed by atoms with van der Waals surface area (Å²) in [4.78, 5) is 13.6.